The van der Waals surface area contributed by atoms with E-state index in [0.29, 0.717) is 35.2 Å². The number of carbonyl (C=O) groups excluding carboxylic acids is 2. The molecular weight excluding hydrogens is 425 g/mol. The molecule has 3 aliphatic rings. The molecule has 2 aromatic rings. The molecule has 6 heteroatoms. The van der Waals surface area contributed by atoms with E-state index in [9.17, 15) is 14.0 Å². The molecule has 5 rings (SSSR count). The van der Waals surface area contributed by atoms with Gasteiger partial charge < -0.3 is 10.1 Å². The van der Waals surface area contributed by atoms with Gasteiger partial charge in [-0.15, -0.1) is 11.3 Å². The van der Waals surface area contributed by atoms with Gasteiger partial charge in [0.1, 0.15) is 11.9 Å². The van der Waals surface area contributed by atoms with Gasteiger partial charge in [0.25, 0.3) is 0 Å². The van der Waals surface area contributed by atoms with E-state index >= 15 is 0 Å². The fourth-order valence-corrected chi connectivity index (χ4v) is 6.11. The minimum absolute atomic E-state index is 0.00470. The molecule has 0 spiro atoms. The standard InChI is InChI=1S/C26H26FNO3S/c1-15-23(26(30)31-19-8-2-3-9-19)24(16-6-4-7-18(27)12-16)25-20(28-15)13-17(14-21(25)29)22-10-5-11-32-22/h4-7,10-12,17,19,24,28H,2-3,8-9,13-14H2,1H3/t17-,24+/m1/s1. The van der Waals surface area contributed by atoms with Gasteiger partial charge in [0.05, 0.1) is 5.57 Å². The highest BCUT2D eigenvalue weighted by Crippen LogP contribution is 2.46. The molecule has 4 nitrogen and oxygen atoms in total. The first kappa shape index (κ1) is 21.1. The van der Waals surface area contributed by atoms with Crippen molar-refractivity contribution in [3.8, 4) is 0 Å². The van der Waals surface area contributed by atoms with Crippen LogP contribution in [-0.4, -0.2) is 17.9 Å². The summed E-state index contributed by atoms with van der Waals surface area (Å²) in [4.78, 5) is 28.0. The average molecular weight is 452 g/mol. The van der Waals surface area contributed by atoms with Crippen molar-refractivity contribution in [3.05, 3.63) is 80.6 Å². The average Bonchev–Trinajstić information content (AvgIpc) is 3.47. The summed E-state index contributed by atoms with van der Waals surface area (Å²) >= 11 is 1.66. The van der Waals surface area contributed by atoms with Crippen molar-refractivity contribution in [2.75, 3.05) is 0 Å². The Morgan fingerprint density at radius 3 is 2.69 bits per heavy atom. The van der Waals surface area contributed by atoms with E-state index < -0.39 is 11.9 Å². The zero-order valence-corrected chi connectivity index (χ0v) is 18.8. The Morgan fingerprint density at radius 1 is 1.16 bits per heavy atom. The zero-order valence-electron chi connectivity index (χ0n) is 18.0. The second kappa shape index (κ2) is 8.66. The van der Waals surface area contributed by atoms with Crippen molar-refractivity contribution < 1.29 is 18.7 Å². The lowest BCUT2D eigenvalue weighted by atomic mass is 9.72. The number of benzene rings is 1. The van der Waals surface area contributed by atoms with Crippen LogP contribution >= 0.6 is 11.3 Å². The van der Waals surface area contributed by atoms with Gasteiger partial charge in [-0.25, -0.2) is 9.18 Å². The number of dihydropyridines is 1. The first-order valence-electron chi connectivity index (χ1n) is 11.2. The normalized spacial score (nSPS) is 23.9. The second-order valence-electron chi connectivity index (χ2n) is 8.90. The molecule has 1 aliphatic heterocycles. The van der Waals surface area contributed by atoms with Gasteiger partial charge >= 0.3 is 5.97 Å². The Hall–Kier alpha value is -2.73. The summed E-state index contributed by atoms with van der Waals surface area (Å²) in [5.74, 6) is -1.29. The Bertz CT molecular complexity index is 1110. The molecular formula is C26H26FNO3S. The highest BCUT2D eigenvalue weighted by molar-refractivity contribution is 7.10. The Labute approximate surface area is 191 Å². The zero-order chi connectivity index (χ0) is 22.2. The molecule has 1 aromatic heterocycles. The van der Waals surface area contributed by atoms with Crippen LogP contribution in [0.5, 0.6) is 0 Å². The summed E-state index contributed by atoms with van der Waals surface area (Å²) in [6.45, 7) is 1.85. The monoisotopic (exact) mass is 451 g/mol. The number of nitrogens with one attached hydrogen (secondary N) is 1. The second-order valence-corrected chi connectivity index (χ2v) is 9.88. The highest BCUT2D eigenvalue weighted by Gasteiger charge is 2.42. The van der Waals surface area contributed by atoms with Gasteiger partial charge in [-0.05, 0) is 68.2 Å². The first-order chi connectivity index (χ1) is 15.5. The fraction of sp³-hybridized carbons (Fsp3) is 0.385. The SMILES string of the molecule is CC1=C(C(=O)OC2CCCC2)[C@H](c2cccc(F)c2)C2=C(C[C@@H](c3cccs3)CC2=O)N1. The van der Waals surface area contributed by atoms with Crippen LogP contribution in [0.1, 0.15) is 67.7 Å². The van der Waals surface area contributed by atoms with Crippen molar-refractivity contribution in [2.24, 2.45) is 0 Å². The third-order valence-corrected chi connectivity index (χ3v) is 7.79. The van der Waals surface area contributed by atoms with Gasteiger partial charge in [0, 0.05) is 40.1 Å². The predicted molar refractivity (Wildman–Crippen MR) is 122 cm³/mol. The summed E-state index contributed by atoms with van der Waals surface area (Å²) < 4.78 is 20.0. The van der Waals surface area contributed by atoms with Crippen molar-refractivity contribution in [2.45, 2.75) is 63.4 Å². The fourth-order valence-electron chi connectivity index (χ4n) is 5.27. The van der Waals surface area contributed by atoms with Gasteiger partial charge in [-0.3, -0.25) is 4.79 Å². The lowest BCUT2D eigenvalue weighted by molar-refractivity contribution is -0.144. The van der Waals surface area contributed by atoms with Crippen molar-refractivity contribution in [1.82, 2.24) is 5.32 Å². The lowest BCUT2D eigenvalue weighted by Crippen LogP contribution is -2.36. The van der Waals surface area contributed by atoms with Crippen LogP contribution in [-0.2, 0) is 14.3 Å². The molecule has 0 bridgehead atoms. The molecule has 2 aliphatic carbocycles. The number of ketones is 1. The largest absolute Gasteiger partial charge is 0.459 e. The molecule has 2 atom stereocenters. The minimum atomic E-state index is -0.618. The third-order valence-electron chi connectivity index (χ3n) is 6.75. The molecule has 1 fully saturated rings. The molecule has 32 heavy (non-hydrogen) atoms. The number of hydrogen-bond donors (Lipinski definition) is 1. The summed E-state index contributed by atoms with van der Waals surface area (Å²) in [7, 11) is 0. The predicted octanol–water partition coefficient (Wildman–Crippen LogP) is 5.73. The van der Waals surface area contributed by atoms with E-state index in [1.54, 1.807) is 23.5 Å². The molecule has 0 saturated heterocycles. The van der Waals surface area contributed by atoms with Crippen LogP contribution in [0, 0.1) is 5.82 Å². The molecule has 0 amide bonds. The number of halogens is 1. The van der Waals surface area contributed by atoms with Gasteiger partial charge in [0.2, 0.25) is 0 Å². The summed E-state index contributed by atoms with van der Waals surface area (Å²) in [6, 6.07) is 10.3. The topological polar surface area (TPSA) is 55.4 Å². The maximum atomic E-state index is 14.2. The van der Waals surface area contributed by atoms with Crippen LogP contribution in [0.15, 0.2) is 64.3 Å². The number of allylic oxidation sites excluding steroid dienone is 3. The molecule has 1 N–H and O–H groups in total. The van der Waals surface area contributed by atoms with E-state index in [1.165, 1.54) is 17.0 Å². The van der Waals surface area contributed by atoms with E-state index in [0.717, 1.165) is 31.4 Å². The quantitative estimate of drug-likeness (QED) is 0.603. The molecule has 2 heterocycles. The molecule has 166 valence electrons. The van der Waals surface area contributed by atoms with Gasteiger partial charge in [0.15, 0.2) is 5.78 Å². The Morgan fingerprint density at radius 2 is 1.97 bits per heavy atom. The van der Waals surface area contributed by atoms with Crippen LogP contribution < -0.4 is 5.32 Å². The van der Waals surface area contributed by atoms with Crippen LogP contribution in [0.3, 0.4) is 0 Å². The van der Waals surface area contributed by atoms with Gasteiger partial charge in [-0.2, -0.15) is 0 Å². The summed E-state index contributed by atoms with van der Waals surface area (Å²) in [5, 5.41) is 5.38. The van der Waals surface area contributed by atoms with E-state index in [-0.39, 0.29) is 23.6 Å². The van der Waals surface area contributed by atoms with E-state index in [4.69, 9.17) is 4.74 Å². The van der Waals surface area contributed by atoms with Crippen molar-refractivity contribution >= 4 is 23.1 Å². The van der Waals surface area contributed by atoms with E-state index in [1.807, 2.05) is 18.4 Å². The number of thiophene rings is 1. The lowest BCUT2D eigenvalue weighted by Gasteiger charge is -2.36. The van der Waals surface area contributed by atoms with Crippen molar-refractivity contribution in [1.29, 1.82) is 0 Å². The maximum absolute atomic E-state index is 14.2. The van der Waals surface area contributed by atoms with Crippen LogP contribution in [0.25, 0.3) is 0 Å². The smallest absolute Gasteiger partial charge is 0.337 e. The molecule has 1 aromatic carbocycles. The van der Waals surface area contributed by atoms with Crippen molar-refractivity contribution in [3.63, 3.8) is 0 Å². The number of hydrogen-bond acceptors (Lipinski definition) is 5. The third kappa shape index (κ3) is 3.92. The minimum Gasteiger partial charge on any atom is -0.459 e. The van der Waals surface area contributed by atoms with Crippen LogP contribution in [0.2, 0.25) is 0 Å². The number of Topliss-reactive ketones (excluding diaryl/α,β-unsaturated/α-hetero) is 1. The summed E-state index contributed by atoms with van der Waals surface area (Å²) in [5.41, 5.74) is 3.13. The number of ether oxygens (including phenoxy) is 1. The highest BCUT2D eigenvalue weighted by atomic mass is 32.1. The maximum Gasteiger partial charge on any atom is 0.337 e. The van der Waals surface area contributed by atoms with Gasteiger partial charge in [-0.1, -0.05) is 18.2 Å². The number of esters is 1. The van der Waals surface area contributed by atoms with Crippen LogP contribution in [0.4, 0.5) is 4.39 Å². The Balaban J connectivity index is 1.55. The summed E-state index contributed by atoms with van der Waals surface area (Å²) in [6.07, 6.45) is 4.83. The Kier molecular flexibility index (Phi) is 5.72. The molecule has 0 radical (unpaired) electrons. The number of rotatable bonds is 4. The van der Waals surface area contributed by atoms with E-state index in [2.05, 4.69) is 11.4 Å². The molecule has 0 unspecified atom stereocenters. The number of carbonyl (C=O) groups is 2. The first-order valence-corrected chi connectivity index (χ1v) is 12.1. The molecule has 1 saturated carbocycles.